The average Bonchev–Trinajstić information content (AvgIpc) is 2.92. The normalized spacial score (nSPS) is 14.4. The third kappa shape index (κ3) is 2.98. The van der Waals surface area contributed by atoms with E-state index in [1.165, 1.54) is 0 Å². The zero-order valence-electron chi connectivity index (χ0n) is 10.4. The van der Waals surface area contributed by atoms with Crippen LogP contribution in [-0.2, 0) is 0 Å². The molecule has 0 unspecified atom stereocenters. The Morgan fingerprint density at radius 3 is 2.39 bits per heavy atom. The minimum Gasteiger partial charge on any atom is -0.366 e. The Morgan fingerprint density at radius 1 is 1.22 bits per heavy atom. The number of likely N-dealkylation sites (tertiary alicyclic amines) is 1. The highest BCUT2D eigenvalue weighted by Gasteiger charge is 2.18. The summed E-state index contributed by atoms with van der Waals surface area (Å²) in [6, 6.07) is 7.41. The summed E-state index contributed by atoms with van der Waals surface area (Å²) in [7, 11) is 1.76. The van der Waals surface area contributed by atoms with E-state index < -0.39 is 0 Å². The fourth-order valence-corrected chi connectivity index (χ4v) is 2.11. The lowest BCUT2D eigenvalue weighted by molar-refractivity contribution is 0.0793. The maximum atomic E-state index is 12.1. The summed E-state index contributed by atoms with van der Waals surface area (Å²) in [5, 5.41) is 6.43. The maximum Gasteiger partial charge on any atom is 0.253 e. The van der Waals surface area contributed by atoms with E-state index in [1.807, 2.05) is 29.2 Å². The van der Waals surface area contributed by atoms with Crippen LogP contribution in [0.3, 0.4) is 0 Å². The molecule has 0 atom stereocenters. The van der Waals surface area contributed by atoms with Crippen LogP contribution in [-0.4, -0.2) is 36.1 Å². The van der Waals surface area contributed by atoms with Crippen molar-refractivity contribution in [2.24, 2.45) is 0 Å². The molecule has 0 aromatic heterocycles. The number of carbonyl (C=O) groups is 1. The van der Waals surface area contributed by atoms with Gasteiger partial charge in [-0.3, -0.25) is 4.79 Å². The third-order valence-electron chi connectivity index (χ3n) is 3.01. The van der Waals surface area contributed by atoms with Crippen LogP contribution in [0.4, 0.5) is 5.69 Å². The highest BCUT2D eigenvalue weighted by atomic mass is 32.1. The monoisotopic (exact) mass is 263 g/mol. The highest BCUT2D eigenvalue weighted by Crippen LogP contribution is 2.15. The number of nitrogens with one attached hydrogen (secondary N) is 2. The Labute approximate surface area is 112 Å². The van der Waals surface area contributed by atoms with Crippen molar-refractivity contribution in [1.82, 2.24) is 10.2 Å². The molecule has 0 radical (unpaired) electrons. The predicted molar refractivity (Wildman–Crippen MR) is 76.9 cm³/mol. The van der Waals surface area contributed by atoms with Gasteiger partial charge in [-0.05, 0) is 49.3 Å². The number of thiocarbonyl (C=S) groups is 1. The molecular formula is C13H17N3OS. The minimum atomic E-state index is 0.121. The SMILES string of the molecule is CNC(=S)Nc1ccc(C(=O)N2CCCC2)cc1. The molecule has 1 aromatic rings. The van der Waals surface area contributed by atoms with Crippen molar-refractivity contribution in [2.45, 2.75) is 12.8 Å². The lowest BCUT2D eigenvalue weighted by Crippen LogP contribution is -2.27. The van der Waals surface area contributed by atoms with Gasteiger partial charge >= 0.3 is 0 Å². The van der Waals surface area contributed by atoms with Gasteiger partial charge < -0.3 is 15.5 Å². The molecule has 0 aliphatic carbocycles. The van der Waals surface area contributed by atoms with Crippen molar-refractivity contribution in [3.63, 3.8) is 0 Å². The first-order chi connectivity index (χ1) is 8.70. The lowest BCUT2D eigenvalue weighted by Gasteiger charge is -2.15. The van der Waals surface area contributed by atoms with Crippen LogP contribution in [0.25, 0.3) is 0 Å². The molecule has 1 saturated heterocycles. The van der Waals surface area contributed by atoms with E-state index in [4.69, 9.17) is 12.2 Å². The minimum absolute atomic E-state index is 0.121. The Bertz CT molecular complexity index is 438. The van der Waals surface area contributed by atoms with Crippen LogP contribution in [0.2, 0.25) is 0 Å². The molecule has 1 heterocycles. The van der Waals surface area contributed by atoms with Gasteiger partial charge in [0.05, 0.1) is 0 Å². The molecule has 1 aromatic carbocycles. The van der Waals surface area contributed by atoms with E-state index in [0.29, 0.717) is 5.11 Å². The largest absolute Gasteiger partial charge is 0.366 e. The molecule has 0 spiro atoms. The number of carbonyl (C=O) groups excluding carboxylic acids is 1. The van der Waals surface area contributed by atoms with Crippen molar-refractivity contribution >= 4 is 28.9 Å². The molecule has 0 saturated carbocycles. The van der Waals surface area contributed by atoms with E-state index in [-0.39, 0.29) is 5.91 Å². The molecule has 96 valence electrons. The zero-order chi connectivity index (χ0) is 13.0. The van der Waals surface area contributed by atoms with Crippen molar-refractivity contribution < 1.29 is 4.79 Å². The van der Waals surface area contributed by atoms with Gasteiger partial charge in [0.25, 0.3) is 5.91 Å². The first kappa shape index (κ1) is 12.8. The summed E-state index contributed by atoms with van der Waals surface area (Å²) < 4.78 is 0. The van der Waals surface area contributed by atoms with E-state index in [9.17, 15) is 4.79 Å². The smallest absolute Gasteiger partial charge is 0.253 e. The Kier molecular flexibility index (Phi) is 4.15. The van der Waals surface area contributed by atoms with Crippen LogP contribution in [0.1, 0.15) is 23.2 Å². The van der Waals surface area contributed by atoms with Gasteiger partial charge in [0.1, 0.15) is 0 Å². The van der Waals surface area contributed by atoms with E-state index >= 15 is 0 Å². The molecule has 0 bridgehead atoms. The Morgan fingerprint density at radius 2 is 1.83 bits per heavy atom. The van der Waals surface area contributed by atoms with Crippen molar-refractivity contribution in [1.29, 1.82) is 0 Å². The van der Waals surface area contributed by atoms with E-state index in [2.05, 4.69) is 10.6 Å². The van der Waals surface area contributed by atoms with Gasteiger partial charge in [-0.15, -0.1) is 0 Å². The second-order valence-electron chi connectivity index (χ2n) is 4.28. The van der Waals surface area contributed by atoms with Crippen LogP contribution >= 0.6 is 12.2 Å². The first-order valence-electron chi connectivity index (χ1n) is 6.09. The molecule has 4 nitrogen and oxygen atoms in total. The van der Waals surface area contributed by atoms with Crippen LogP contribution in [0.5, 0.6) is 0 Å². The van der Waals surface area contributed by atoms with Gasteiger partial charge in [-0.2, -0.15) is 0 Å². The molecule has 18 heavy (non-hydrogen) atoms. The number of amides is 1. The summed E-state index contributed by atoms with van der Waals surface area (Å²) in [4.78, 5) is 14.0. The molecule has 1 aliphatic heterocycles. The number of benzene rings is 1. The van der Waals surface area contributed by atoms with Crippen LogP contribution in [0, 0.1) is 0 Å². The molecule has 5 heteroatoms. The Hall–Kier alpha value is -1.62. The average molecular weight is 263 g/mol. The van der Waals surface area contributed by atoms with E-state index in [0.717, 1.165) is 37.2 Å². The zero-order valence-corrected chi connectivity index (χ0v) is 11.2. The van der Waals surface area contributed by atoms with Gasteiger partial charge in [-0.1, -0.05) is 0 Å². The fraction of sp³-hybridized carbons (Fsp3) is 0.385. The first-order valence-corrected chi connectivity index (χ1v) is 6.49. The molecule has 1 aliphatic rings. The van der Waals surface area contributed by atoms with Crippen LogP contribution in [0.15, 0.2) is 24.3 Å². The molecule has 2 N–H and O–H groups in total. The van der Waals surface area contributed by atoms with Gasteiger partial charge in [0.15, 0.2) is 5.11 Å². The molecule has 2 rings (SSSR count). The molecule has 1 amide bonds. The van der Waals surface area contributed by atoms with E-state index in [1.54, 1.807) is 7.05 Å². The van der Waals surface area contributed by atoms with Gasteiger partial charge in [0, 0.05) is 31.4 Å². The highest BCUT2D eigenvalue weighted by molar-refractivity contribution is 7.80. The van der Waals surface area contributed by atoms with Gasteiger partial charge in [0.2, 0.25) is 0 Å². The Balaban J connectivity index is 2.02. The second-order valence-corrected chi connectivity index (χ2v) is 4.69. The molecule has 1 fully saturated rings. The fourth-order valence-electron chi connectivity index (χ4n) is 1.99. The number of rotatable bonds is 2. The predicted octanol–water partition coefficient (Wildman–Crippen LogP) is 1.84. The number of anilines is 1. The standard InChI is InChI=1S/C13H17N3OS/c1-14-13(18)15-11-6-4-10(5-7-11)12(17)16-8-2-3-9-16/h4-7H,2-3,8-9H2,1H3,(H2,14,15,18). The van der Waals surface area contributed by atoms with Crippen molar-refractivity contribution in [3.05, 3.63) is 29.8 Å². The lowest BCUT2D eigenvalue weighted by atomic mass is 10.2. The van der Waals surface area contributed by atoms with Crippen molar-refractivity contribution in [3.8, 4) is 0 Å². The summed E-state index contributed by atoms with van der Waals surface area (Å²) in [5.41, 5.74) is 1.62. The topological polar surface area (TPSA) is 44.4 Å². The second kappa shape index (κ2) is 5.82. The van der Waals surface area contributed by atoms with Crippen molar-refractivity contribution in [2.75, 3.05) is 25.5 Å². The summed E-state index contributed by atoms with van der Waals surface area (Å²) in [5.74, 6) is 0.121. The number of nitrogens with zero attached hydrogens (tertiary/aromatic N) is 1. The summed E-state index contributed by atoms with van der Waals surface area (Å²) in [6.45, 7) is 1.76. The van der Waals surface area contributed by atoms with Gasteiger partial charge in [-0.25, -0.2) is 0 Å². The van der Waals surface area contributed by atoms with Crippen LogP contribution < -0.4 is 10.6 Å². The number of hydrogen-bond acceptors (Lipinski definition) is 2. The summed E-state index contributed by atoms with van der Waals surface area (Å²) in [6.07, 6.45) is 2.23. The third-order valence-corrected chi connectivity index (χ3v) is 3.32. The number of hydrogen-bond donors (Lipinski definition) is 2. The quantitative estimate of drug-likeness (QED) is 0.799. The summed E-state index contributed by atoms with van der Waals surface area (Å²) >= 11 is 5.01. The molecular weight excluding hydrogens is 246 g/mol. The maximum absolute atomic E-state index is 12.1.